The molecule has 0 aromatic rings. The summed E-state index contributed by atoms with van der Waals surface area (Å²) >= 11 is 0. The number of carboxylic acids is 1. The molecule has 1 saturated carbocycles. The predicted octanol–water partition coefficient (Wildman–Crippen LogP) is 1.40. The number of carboxylic acid groups (broad SMARTS) is 1. The van der Waals surface area contributed by atoms with Crippen LogP contribution in [0.1, 0.15) is 44.9 Å². The molecule has 0 atom stereocenters. The minimum absolute atomic E-state index is 0.124. The molecule has 0 aromatic heterocycles. The van der Waals surface area contributed by atoms with Crippen molar-refractivity contribution in [2.45, 2.75) is 50.5 Å². The van der Waals surface area contributed by atoms with E-state index in [2.05, 4.69) is 0 Å². The second-order valence-corrected chi connectivity index (χ2v) is 4.65. The fraction of sp³-hybridized carbons (Fsp3) is 0.818. The van der Waals surface area contributed by atoms with Crippen LogP contribution < -0.4 is 0 Å². The second kappa shape index (κ2) is 3.83. The summed E-state index contributed by atoms with van der Waals surface area (Å²) in [5.74, 6) is -0.630. The van der Waals surface area contributed by atoms with Crippen LogP contribution in [0, 0.1) is 0 Å². The van der Waals surface area contributed by atoms with Gasteiger partial charge in [0.25, 0.3) is 0 Å². The van der Waals surface area contributed by atoms with Crippen LogP contribution in [0.2, 0.25) is 0 Å². The third-order valence-corrected chi connectivity index (χ3v) is 3.66. The molecule has 2 fully saturated rings. The molecule has 1 saturated heterocycles. The van der Waals surface area contributed by atoms with E-state index in [0.29, 0.717) is 6.42 Å². The van der Waals surface area contributed by atoms with Crippen molar-refractivity contribution >= 4 is 11.9 Å². The molecule has 15 heavy (non-hydrogen) atoms. The molecule has 4 nitrogen and oxygen atoms in total. The lowest BCUT2D eigenvalue weighted by Gasteiger charge is -2.37. The van der Waals surface area contributed by atoms with Gasteiger partial charge in [-0.05, 0) is 19.3 Å². The SMILES string of the molecule is O=C(O)CC1(N2CCCC2=O)CCCC1. The maximum absolute atomic E-state index is 11.7. The van der Waals surface area contributed by atoms with Gasteiger partial charge < -0.3 is 10.0 Å². The van der Waals surface area contributed by atoms with Crippen molar-refractivity contribution in [2.24, 2.45) is 0 Å². The zero-order valence-electron chi connectivity index (χ0n) is 8.87. The lowest BCUT2D eigenvalue weighted by Crippen LogP contribution is -2.48. The van der Waals surface area contributed by atoms with Gasteiger partial charge in [-0.15, -0.1) is 0 Å². The van der Waals surface area contributed by atoms with E-state index in [1.807, 2.05) is 4.90 Å². The van der Waals surface area contributed by atoms with Gasteiger partial charge in [-0.3, -0.25) is 9.59 Å². The first-order valence-corrected chi connectivity index (χ1v) is 5.66. The Morgan fingerprint density at radius 1 is 1.33 bits per heavy atom. The summed E-state index contributed by atoms with van der Waals surface area (Å²) in [5.41, 5.74) is -0.348. The summed E-state index contributed by atoms with van der Waals surface area (Å²) in [6.07, 6.45) is 5.45. The normalized spacial score (nSPS) is 24.8. The van der Waals surface area contributed by atoms with E-state index in [4.69, 9.17) is 5.11 Å². The molecule has 2 rings (SSSR count). The van der Waals surface area contributed by atoms with Crippen molar-refractivity contribution in [1.82, 2.24) is 4.90 Å². The fourth-order valence-electron chi connectivity index (χ4n) is 3.01. The molecule has 1 aliphatic heterocycles. The zero-order valence-corrected chi connectivity index (χ0v) is 8.87. The molecule has 1 aliphatic carbocycles. The van der Waals surface area contributed by atoms with Gasteiger partial charge in [0.15, 0.2) is 0 Å². The predicted molar refractivity (Wildman–Crippen MR) is 54.4 cm³/mol. The van der Waals surface area contributed by atoms with E-state index in [-0.39, 0.29) is 17.9 Å². The Balaban J connectivity index is 2.17. The van der Waals surface area contributed by atoms with Gasteiger partial charge >= 0.3 is 5.97 Å². The van der Waals surface area contributed by atoms with Crippen LogP contribution in [0.5, 0.6) is 0 Å². The van der Waals surface area contributed by atoms with Gasteiger partial charge in [0.2, 0.25) is 5.91 Å². The molecular weight excluding hydrogens is 194 g/mol. The number of carbonyl (C=O) groups excluding carboxylic acids is 1. The van der Waals surface area contributed by atoms with E-state index in [1.165, 1.54) is 0 Å². The van der Waals surface area contributed by atoms with Gasteiger partial charge in [0.05, 0.1) is 12.0 Å². The minimum Gasteiger partial charge on any atom is -0.481 e. The largest absolute Gasteiger partial charge is 0.481 e. The van der Waals surface area contributed by atoms with Crippen molar-refractivity contribution in [1.29, 1.82) is 0 Å². The Kier molecular flexibility index (Phi) is 2.67. The number of carbonyl (C=O) groups is 2. The Hall–Kier alpha value is -1.06. The van der Waals surface area contributed by atoms with Crippen molar-refractivity contribution in [3.05, 3.63) is 0 Å². The highest BCUT2D eigenvalue weighted by molar-refractivity contribution is 5.80. The summed E-state index contributed by atoms with van der Waals surface area (Å²) in [6, 6.07) is 0. The maximum atomic E-state index is 11.7. The van der Waals surface area contributed by atoms with Crippen LogP contribution in [-0.4, -0.2) is 34.0 Å². The Morgan fingerprint density at radius 3 is 2.47 bits per heavy atom. The molecule has 1 heterocycles. The molecule has 0 radical (unpaired) electrons. The summed E-state index contributed by atoms with van der Waals surface area (Å²) in [5, 5.41) is 8.95. The second-order valence-electron chi connectivity index (χ2n) is 4.65. The van der Waals surface area contributed by atoms with Crippen molar-refractivity contribution in [3.8, 4) is 0 Å². The van der Waals surface area contributed by atoms with Crippen LogP contribution >= 0.6 is 0 Å². The molecule has 84 valence electrons. The number of rotatable bonds is 3. The van der Waals surface area contributed by atoms with Crippen LogP contribution in [0.25, 0.3) is 0 Å². The van der Waals surface area contributed by atoms with Gasteiger partial charge in [-0.25, -0.2) is 0 Å². The van der Waals surface area contributed by atoms with Gasteiger partial charge in [0.1, 0.15) is 0 Å². The average molecular weight is 211 g/mol. The maximum Gasteiger partial charge on any atom is 0.305 e. The van der Waals surface area contributed by atoms with E-state index in [9.17, 15) is 9.59 Å². The van der Waals surface area contributed by atoms with Crippen LogP contribution in [-0.2, 0) is 9.59 Å². The highest BCUT2D eigenvalue weighted by Gasteiger charge is 2.44. The molecular formula is C11H17NO3. The number of aliphatic carboxylic acids is 1. The van der Waals surface area contributed by atoms with Crippen molar-refractivity contribution in [3.63, 3.8) is 0 Å². The third-order valence-electron chi connectivity index (χ3n) is 3.66. The smallest absolute Gasteiger partial charge is 0.305 e. The molecule has 1 N–H and O–H groups in total. The Bertz CT molecular complexity index is 282. The average Bonchev–Trinajstić information content (AvgIpc) is 2.73. The molecule has 2 aliphatic rings. The third kappa shape index (κ3) is 1.85. The fourth-order valence-corrected chi connectivity index (χ4v) is 3.01. The Labute approximate surface area is 89.3 Å². The molecule has 0 unspecified atom stereocenters. The van der Waals surface area contributed by atoms with Crippen LogP contribution in [0.3, 0.4) is 0 Å². The van der Waals surface area contributed by atoms with E-state index < -0.39 is 5.97 Å². The number of hydrogen-bond donors (Lipinski definition) is 1. The number of amides is 1. The highest BCUT2D eigenvalue weighted by atomic mass is 16.4. The molecule has 0 bridgehead atoms. The van der Waals surface area contributed by atoms with Gasteiger partial charge in [-0.1, -0.05) is 12.8 Å². The van der Waals surface area contributed by atoms with Crippen LogP contribution in [0.4, 0.5) is 0 Å². The number of likely N-dealkylation sites (tertiary alicyclic amines) is 1. The van der Waals surface area contributed by atoms with E-state index in [0.717, 1.165) is 38.6 Å². The first-order chi connectivity index (χ1) is 7.14. The summed E-state index contributed by atoms with van der Waals surface area (Å²) in [4.78, 5) is 24.4. The van der Waals surface area contributed by atoms with E-state index >= 15 is 0 Å². The van der Waals surface area contributed by atoms with Crippen molar-refractivity contribution in [2.75, 3.05) is 6.54 Å². The van der Waals surface area contributed by atoms with E-state index in [1.54, 1.807) is 0 Å². The number of hydrogen-bond acceptors (Lipinski definition) is 2. The topological polar surface area (TPSA) is 57.6 Å². The summed E-state index contributed by atoms with van der Waals surface area (Å²) < 4.78 is 0. The number of nitrogens with zero attached hydrogens (tertiary/aromatic N) is 1. The molecule has 0 spiro atoms. The lowest BCUT2D eigenvalue weighted by molar-refractivity contribution is -0.143. The van der Waals surface area contributed by atoms with Gasteiger partial charge in [-0.2, -0.15) is 0 Å². The first-order valence-electron chi connectivity index (χ1n) is 5.66. The highest BCUT2D eigenvalue weighted by Crippen LogP contribution is 2.40. The minimum atomic E-state index is -0.781. The standard InChI is InChI=1S/C11H17NO3/c13-9-4-3-7-12(9)11(8-10(14)15)5-1-2-6-11/h1-8H2,(H,14,15). The monoisotopic (exact) mass is 211 g/mol. The molecule has 4 heteroatoms. The first kappa shape index (κ1) is 10.5. The lowest BCUT2D eigenvalue weighted by atomic mass is 9.91. The summed E-state index contributed by atoms with van der Waals surface area (Å²) in [7, 11) is 0. The molecule has 0 aromatic carbocycles. The van der Waals surface area contributed by atoms with Crippen LogP contribution in [0.15, 0.2) is 0 Å². The van der Waals surface area contributed by atoms with Gasteiger partial charge in [0, 0.05) is 13.0 Å². The quantitative estimate of drug-likeness (QED) is 0.767. The van der Waals surface area contributed by atoms with Crippen molar-refractivity contribution < 1.29 is 14.7 Å². The zero-order chi connectivity index (χ0) is 10.9. The summed E-state index contributed by atoms with van der Waals surface area (Å²) in [6.45, 7) is 0.756. The molecule has 1 amide bonds. The Morgan fingerprint density at radius 2 is 2.00 bits per heavy atom.